The average Bonchev–Trinajstić information content (AvgIpc) is 2.55. The number of benzene rings is 2. The predicted octanol–water partition coefficient (Wildman–Crippen LogP) is 2.36. The zero-order valence-electron chi connectivity index (χ0n) is 12.1. The summed E-state index contributed by atoms with van der Waals surface area (Å²) < 4.78 is 0. The van der Waals surface area contributed by atoms with Crippen molar-refractivity contribution in [2.75, 3.05) is 31.9 Å². The van der Waals surface area contributed by atoms with Gasteiger partial charge in [-0.25, -0.2) is 0 Å². The Hall–Kier alpha value is -1.84. The van der Waals surface area contributed by atoms with Gasteiger partial charge in [0.25, 0.3) is 0 Å². The topological polar surface area (TPSA) is 41.3 Å². The molecule has 1 fully saturated rings. The van der Waals surface area contributed by atoms with Crippen LogP contribution in [-0.4, -0.2) is 31.1 Å². The van der Waals surface area contributed by atoms with Crippen molar-refractivity contribution in [3.05, 3.63) is 65.2 Å². The molecule has 2 atom stereocenters. The van der Waals surface area contributed by atoms with Gasteiger partial charge in [0.05, 0.1) is 0 Å². The maximum absolute atomic E-state index is 6.33. The summed E-state index contributed by atoms with van der Waals surface area (Å²) in [6, 6.07) is 17.6. The molecule has 0 bridgehead atoms. The molecule has 0 saturated carbocycles. The van der Waals surface area contributed by atoms with E-state index in [9.17, 15) is 0 Å². The maximum Gasteiger partial charge on any atom is 0.0496 e. The van der Waals surface area contributed by atoms with Crippen LogP contribution in [0.5, 0.6) is 0 Å². The average molecular weight is 279 g/mol. The van der Waals surface area contributed by atoms with Crippen LogP contribution in [0.1, 0.15) is 28.7 Å². The number of nitrogen functional groups attached to an aromatic ring is 1. The van der Waals surface area contributed by atoms with Crippen molar-refractivity contribution >= 4 is 5.69 Å². The smallest absolute Gasteiger partial charge is 0.0496 e. The Bertz CT molecular complexity index is 638. The van der Waals surface area contributed by atoms with E-state index in [0.717, 1.165) is 31.9 Å². The van der Waals surface area contributed by atoms with E-state index in [-0.39, 0.29) is 0 Å². The first-order valence-electron chi connectivity index (χ1n) is 7.72. The van der Waals surface area contributed by atoms with Crippen molar-refractivity contribution in [3.63, 3.8) is 0 Å². The predicted molar refractivity (Wildman–Crippen MR) is 86.3 cm³/mol. The lowest BCUT2D eigenvalue weighted by Crippen LogP contribution is -2.50. The molecule has 3 heteroatoms. The highest BCUT2D eigenvalue weighted by Crippen LogP contribution is 2.42. The first kappa shape index (κ1) is 12.9. The summed E-state index contributed by atoms with van der Waals surface area (Å²) in [7, 11) is 0. The third-order valence-corrected chi connectivity index (χ3v) is 4.86. The van der Waals surface area contributed by atoms with Crippen LogP contribution in [0, 0.1) is 0 Å². The molecule has 4 rings (SSSR count). The Morgan fingerprint density at radius 2 is 1.90 bits per heavy atom. The summed E-state index contributed by atoms with van der Waals surface area (Å²) in [4.78, 5) is 2.59. The summed E-state index contributed by atoms with van der Waals surface area (Å²) in [6.07, 6.45) is 0. The molecule has 0 radical (unpaired) electrons. The maximum atomic E-state index is 6.33. The fourth-order valence-corrected chi connectivity index (χ4v) is 3.84. The van der Waals surface area contributed by atoms with Gasteiger partial charge in [-0.15, -0.1) is 0 Å². The Balaban J connectivity index is 1.85. The summed E-state index contributed by atoms with van der Waals surface area (Å²) in [5.41, 5.74) is 11.4. The third kappa shape index (κ3) is 2.13. The van der Waals surface area contributed by atoms with Gasteiger partial charge in [-0.05, 0) is 22.8 Å². The standard InChI is InChI=1S/C18H21N3/c19-16-8-4-7-14-15(13-5-2-1-3-6-13)12-21-10-9-20-11-17(21)18(14)16/h1-8,15,17,20H,9-12,19H2. The van der Waals surface area contributed by atoms with Crippen LogP contribution >= 0.6 is 0 Å². The van der Waals surface area contributed by atoms with Gasteiger partial charge in [0.15, 0.2) is 0 Å². The number of piperazine rings is 1. The zero-order chi connectivity index (χ0) is 14.2. The molecule has 2 aliphatic heterocycles. The Kier molecular flexibility index (Phi) is 3.17. The van der Waals surface area contributed by atoms with Gasteiger partial charge in [-0.1, -0.05) is 42.5 Å². The molecule has 0 aliphatic carbocycles. The summed E-state index contributed by atoms with van der Waals surface area (Å²) >= 11 is 0. The van der Waals surface area contributed by atoms with Crippen LogP contribution in [0.15, 0.2) is 48.5 Å². The van der Waals surface area contributed by atoms with Gasteiger partial charge in [-0.2, -0.15) is 0 Å². The molecule has 2 aliphatic rings. The van der Waals surface area contributed by atoms with Crippen LogP contribution in [0.25, 0.3) is 0 Å². The number of nitrogens with one attached hydrogen (secondary N) is 1. The number of anilines is 1. The summed E-state index contributed by atoms with van der Waals surface area (Å²) in [5, 5.41) is 3.51. The van der Waals surface area contributed by atoms with Crippen LogP contribution in [0.3, 0.4) is 0 Å². The van der Waals surface area contributed by atoms with Crippen LogP contribution < -0.4 is 11.1 Å². The highest BCUT2D eigenvalue weighted by molar-refractivity contribution is 5.57. The normalized spacial score (nSPS) is 25.1. The molecule has 2 heterocycles. The summed E-state index contributed by atoms with van der Waals surface area (Å²) in [5.74, 6) is 0.430. The quantitative estimate of drug-likeness (QED) is 0.787. The van der Waals surface area contributed by atoms with Gasteiger partial charge >= 0.3 is 0 Å². The van der Waals surface area contributed by atoms with Crippen molar-refractivity contribution in [1.29, 1.82) is 0 Å². The molecular formula is C18H21N3. The first-order chi connectivity index (χ1) is 10.3. The van der Waals surface area contributed by atoms with Crippen LogP contribution in [-0.2, 0) is 0 Å². The number of nitrogens with two attached hydrogens (primary N) is 1. The largest absolute Gasteiger partial charge is 0.398 e. The van der Waals surface area contributed by atoms with Crippen LogP contribution in [0.2, 0.25) is 0 Å². The van der Waals surface area contributed by atoms with E-state index in [1.165, 1.54) is 16.7 Å². The Morgan fingerprint density at radius 3 is 2.76 bits per heavy atom. The molecule has 21 heavy (non-hydrogen) atoms. The highest BCUT2D eigenvalue weighted by Gasteiger charge is 2.36. The van der Waals surface area contributed by atoms with Gasteiger partial charge in [0.2, 0.25) is 0 Å². The van der Waals surface area contributed by atoms with Crippen LogP contribution in [0.4, 0.5) is 5.69 Å². The van der Waals surface area contributed by atoms with Crippen molar-refractivity contribution in [1.82, 2.24) is 10.2 Å². The Labute approximate surface area is 125 Å². The molecular weight excluding hydrogens is 258 g/mol. The van der Waals surface area contributed by atoms with E-state index >= 15 is 0 Å². The van der Waals surface area contributed by atoms with E-state index in [1.807, 2.05) is 6.07 Å². The van der Waals surface area contributed by atoms with Gasteiger partial charge in [-0.3, -0.25) is 4.90 Å². The molecule has 3 N–H and O–H groups in total. The number of nitrogens with zero attached hydrogens (tertiary/aromatic N) is 1. The molecule has 108 valence electrons. The molecule has 3 nitrogen and oxygen atoms in total. The van der Waals surface area contributed by atoms with Gasteiger partial charge < -0.3 is 11.1 Å². The number of fused-ring (bicyclic) bond motifs is 3. The molecule has 2 aromatic rings. The molecule has 1 saturated heterocycles. The fraction of sp³-hybridized carbons (Fsp3) is 0.333. The number of hydrogen-bond donors (Lipinski definition) is 2. The molecule has 0 aromatic heterocycles. The Morgan fingerprint density at radius 1 is 1.05 bits per heavy atom. The van der Waals surface area contributed by atoms with E-state index in [2.05, 4.69) is 52.7 Å². The first-order valence-corrected chi connectivity index (χ1v) is 7.72. The fourth-order valence-electron chi connectivity index (χ4n) is 3.84. The van der Waals surface area contributed by atoms with E-state index < -0.39 is 0 Å². The summed E-state index contributed by atoms with van der Waals surface area (Å²) in [6.45, 7) is 4.26. The SMILES string of the molecule is Nc1cccc2c1C1CNCCN1CC2c1ccccc1. The highest BCUT2D eigenvalue weighted by atomic mass is 15.2. The van der Waals surface area contributed by atoms with E-state index in [1.54, 1.807) is 0 Å². The monoisotopic (exact) mass is 279 g/mol. The minimum atomic E-state index is 0.426. The van der Waals surface area contributed by atoms with E-state index in [0.29, 0.717) is 12.0 Å². The number of hydrogen-bond acceptors (Lipinski definition) is 3. The second kappa shape index (κ2) is 5.17. The van der Waals surface area contributed by atoms with Crippen molar-refractivity contribution in [2.24, 2.45) is 0 Å². The van der Waals surface area contributed by atoms with Gasteiger partial charge in [0.1, 0.15) is 0 Å². The molecule has 2 unspecified atom stereocenters. The lowest BCUT2D eigenvalue weighted by atomic mass is 9.80. The molecule has 0 spiro atoms. The van der Waals surface area contributed by atoms with Crippen molar-refractivity contribution in [2.45, 2.75) is 12.0 Å². The second-order valence-corrected chi connectivity index (χ2v) is 6.03. The minimum Gasteiger partial charge on any atom is -0.398 e. The molecule has 2 aromatic carbocycles. The minimum absolute atomic E-state index is 0.426. The zero-order valence-corrected chi connectivity index (χ0v) is 12.1. The second-order valence-electron chi connectivity index (χ2n) is 6.03. The molecule has 0 amide bonds. The number of rotatable bonds is 1. The lowest BCUT2D eigenvalue weighted by Gasteiger charge is -2.44. The third-order valence-electron chi connectivity index (χ3n) is 4.86. The van der Waals surface area contributed by atoms with Crippen molar-refractivity contribution < 1.29 is 0 Å². The lowest BCUT2D eigenvalue weighted by molar-refractivity contribution is 0.144. The van der Waals surface area contributed by atoms with Gasteiger partial charge in [0, 0.05) is 43.8 Å². The van der Waals surface area contributed by atoms with Crippen molar-refractivity contribution in [3.8, 4) is 0 Å². The van der Waals surface area contributed by atoms with E-state index in [4.69, 9.17) is 5.73 Å².